The van der Waals surface area contributed by atoms with Gasteiger partial charge in [0.1, 0.15) is 18.9 Å². The third-order valence-electron chi connectivity index (χ3n) is 6.28. The number of aromatic nitrogens is 1. The van der Waals surface area contributed by atoms with Gasteiger partial charge in [-0.1, -0.05) is 36.4 Å². The van der Waals surface area contributed by atoms with Gasteiger partial charge in [-0.05, 0) is 48.2 Å². The molecule has 10 heteroatoms. The number of carbonyl (C=O) groups excluding carboxylic acids is 3. The number of ether oxygens (including phenoxy) is 3. The molecule has 1 fully saturated rings. The van der Waals surface area contributed by atoms with Crippen LogP contribution >= 0.6 is 11.8 Å². The van der Waals surface area contributed by atoms with E-state index in [2.05, 4.69) is 5.32 Å². The molecule has 0 spiro atoms. The summed E-state index contributed by atoms with van der Waals surface area (Å²) < 4.78 is 18.2. The number of thioether (sulfide) groups is 1. The van der Waals surface area contributed by atoms with Crippen molar-refractivity contribution < 1.29 is 28.6 Å². The largest absolute Gasteiger partial charge is 0.492 e. The summed E-state index contributed by atoms with van der Waals surface area (Å²) in [6.45, 7) is 0.568. The maximum atomic E-state index is 13.0. The number of nitrogens with one attached hydrogen (secondary N) is 1. The summed E-state index contributed by atoms with van der Waals surface area (Å²) in [6.07, 6.45) is 3.52. The normalized spacial score (nSPS) is 15.4. The van der Waals surface area contributed by atoms with Gasteiger partial charge in [-0.25, -0.2) is 0 Å². The Kier molecular flexibility index (Phi) is 6.68. The van der Waals surface area contributed by atoms with Crippen molar-refractivity contribution in [3.8, 4) is 17.2 Å². The van der Waals surface area contributed by atoms with Gasteiger partial charge in [0.15, 0.2) is 11.5 Å². The summed E-state index contributed by atoms with van der Waals surface area (Å²) in [5.74, 6) is 1.32. The number of nitrogens with zero attached hydrogens (tertiary/aromatic N) is 2. The number of benzene rings is 3. The fraction of sp³-hybridized carbons (Fsp3) is 0.138. The Labute approximate surface area is 227 Å². The van der Waals surface area contributed by atoms with Crippen molar-refractivity contribution in [2.24, 2.45) is 0 Å². The summed E-state index contributed by atoms with van der Waals surface area (Å²) in [6, 6.07) is 22.1. The number of fused-ring (bicyclic) bond motifs is 2. The highest BCUT2D eigenvalue weighted by molar-refractivity contribution is 8.18. The van der Waals surface area contributed by atoms with Crippen LogP contribution in [0.1, 0.15) is 5.56 Å². The van der Waals surface area contributed by atoms with E-state index in [-0.39, 0.29) is 43.5 Å². The van der Waals surface area contributed by atoms with Crippen LogP contribution in [0.4, 0.5) is 10.5 Å². The van der Waals surface area contributed by atoms with E-state index in [1.807, 2.05) is 65.4 Å². The minimum Gasteiger partial charge on any atom is -0.492 e. The maximum Gasteiger partial charge on any atom is 0.293 e. The molecule has 196 valence electrons. The lowest BCUT2D eigenvalue weighted by molar-refractivity contribution is -0.123. The zero-order chi connectivity index (χ0) is 26.8. The molecule has 1 saturated heterocycles. The van der Waals surface area contributed by atoms with Crippen LogP contribution in [0, 0.1) is 0 Å². The zero-order valence-electron chi connectivity index (χ0n) is 20.7. The molecular formula is C29H23N3O6S. The van der Waals surface area contributed by atoms with Crippen molar-refractivity contribution in [3.63, 3.8) is 0 Å². The number of rotatable bonds is 8. The first-order chi connectivity index (χ1) is 19.0. The number of para-hydroxylation sites is 2. The average molecular weight is 542 g/mol. The van der Waals surface area contributed by atoms with E-state index in [1.165, 1.54) is 4.90 Å². The van der Waals surface area contributed by atoms with Gasteiger partial charge >= 0.3 is 0 Å². The van der Waals surface area contributed by atoms with E-state index in [0.29, 0.717) is 27.8 Å². The Morgan fingerprint density at radius 3 is 2.67 bits per heavy atom. The van der Waals surface area contributed by atoms with Gasteiger partial charge < -0.3 is 24.1 Å². The third-order valence-corrected chi connectivity index (χ3v) is 7.18. The van der Waals surface area contributed by atoms with Gasteiger partial charge in [0.25, 0.3) is 11.1 Å². The van der Waals surface area contributed by atoms with E-state index >= 15 is 0 Å². The molecule has 0 bridgehead atoms. The van der Waals surface area contributed by atoms with Gasteiger partial charge in [-0.3, -0.25) is 19.3 Å². The van der Waals surface area contributed by atoms with Crippen molar-refractivity contribution in [3.05, 3.63) is 89.5 Å². The molecule has 9 nitrogen and oxygen atoms in total. The molecule has 0 radical (unpaired) electrons. The van der Waals surface area contributed by atoms with E-state index in [9.17, 15) is 14.4 Å². The maximum absolute atomic E-state index is 13.0. The number of imide groups is 1. The lowest BCUT2D eigenvalue weighted by Crippen LogP contribution is -2.32. The van der Waals surface area contributed by atoms with Gasteiger partial charge in [0.2, 0.25) is 12.7 Å². The molecule has 3 aromatic carbocycles. The predicted octanol–water partition coefficient (Wildman–Crippen LogP) is 5.12. The summed E-state index contributed by atoms with van der Waals surface area (Å²) in [7, 11) is 0. The molecule has 3 amide bonds. The molecule has 39 heavy (non-hydrogen) atoms. The lowest BCUT2D eigenvalue weighted by atomic mass is 10.1. The van der Waals surface area contributed by atoms with Gasteiger partial charge in [-0.2, -0.15) is 0 Å². The fourth-order valence-electron chi connectivity index (χ4n) is 4.46. The molecule has 6 rings (SSSR count). The molecule has 0 atom stereocenters. The number of hydrogen-bond acceptors (Lipinski definition) is 7. The van der Waals surface area contributed by atoms with Crippen molar-refractivity contribution in [2.75, 3.05) is 25.3 Å². The van der Waals surface area contributed by atoms with Gasteiger partial charge in [-0.15, -0.1) is 0 Å². The van der Waals surface area contributed by atoms with Crippen LogP contribution in [0.15, 0.2) is 83.9 Å². The number of carbonyl (C=O) groups is 3. The van der Waals surface area contributed by atoms with E-state index in [1.54, 1.807) is 24.3 Å². The Morgan fingerprint density at radius 2 is 1.79 bits per heavy atom. The molecule has 1 aromatic heterocycles. The Bertz CT molecular complexity index is 1610. The average Bonchev–Trinajstić information content (AvgIpc) is 3.62. The van der Waals surface area contributed by atoms with Crippen molar-refractivity contribution in [2.45, 2.75) is 6.54 Å². The standard InChI is InChI=1S/C29H23N3O6S/c33-27(30-20-10-11-24-25(15-20)38-18-37-24)17-31-16-19(22-8-4-5-9-23(22)31)14-26-28(34)32(29(35)39-26)12-13-36-21-6-2-1-3-7-21/h1-11,14-16H,12-13,17-18H2,(H,30,33)/b26-14-. The topological polar surface area (TPSA) is 99.1 Å². The second-order valence-corrected chi connectivity index (χ2v) is 9.83. The summed E-state index contributed by atoms with van der Waals surface area (Å²) >= 11 is 0.898. The van der Waals surface area contributed by atoms with Crippen LogP contribution in [-0.2, 0) is 16.1 Å². The summed E-state index contributed by atoms with van der Waals surface area (Å²) in [4.78, 5) is 40.0. The highest BCUT2D eigenvalue weighted by Gasteiger charge is 2.35. The molecule has 4 aromatic rings. The minimum absolute atomic E-state index is 0.0566. The first-order valence-corrected chi connectivity index (χ1v) is 13.1. The van der Waals surface area contributed by atoms with Gasteiger partial charge in [0.05, 0.1) is 11.4 Å². The van der Waals surface area contributed by atoms with E-state index in [0.717, 1.165) is 28.2 Å². The fourth-order valence-corrected chi connectivity index (χ4v) is 5.31. The first kappa shape index (κ1) is 24.6. The molecule has 3 heterocycles. The molecular weight excluding hydrogens is 518 g/mol. The summed E-state index contributed by atoms with van der Waals surface area (Å²) in [5, 5.41) is 3.42. The second kappa shape index (κ2) is 10.6. The predicted molar refractivity (Wildman–Crippen MR) is 148 cm³/mol. The number of amides is 3. The molecule has 2 aliphatic rings. The van der Waals surface area contributed by atoms with Crippen LogP contribution in [-0.4, -0.2) is 46.5 Å². The molecule has 0 saturated carbocycles. The second-order valence-electron chi connectivity index (χ2n) is 8.84. The Balaban J connectivity index is 1.17. The highest BCUT2D eigenvalue weighted by Crippen LogP contribution is 2.35. The SMILES string of the molecule is O=C(Cn1cc(/C=C2\SC(=O)N(CCOc3ccccc3)C2=O)c2ccccc21)Nc1ccc2c(c1)OCO2. The van der Waals surface area contributed by atoms with Crippen LogP contribution in [0.2, 0.25) is 0 Å². The van der Waals surface area contributed by atoms with Crippen LogP contribution in [0.3, 0.4) is 0 Å². The Morgan fingerprint density at radius 1 is 1.00 bits per heavy atom. The zero-order valence-corrected chi connectivity index (χ0v) is 21.5. The van der Waals surface area contributed by atoms with Crippen molar-refractivity contribution in [1.29, 1.82) is 0 Å². The molecule has 0 aliphatic carbocycles. The quantitative estimate of drug-likeness (QED) is 0.309. The minimum atomic E-state index is -0.362. The third kappa shape index (κ3) is 5.19. The smallest absolute Gasteiger partial charge is 0.293 e. The monoisotopic (exact) mass is 541 g/mol. The summed E-state index contributed by atoms with van der Waals surface area (Å²) in [5.41, 5.74) is 2.18. The van der Waals surface area contributed by atoms with E-state index < -0.39 is 0 Å². The van der Waals surface area contributed by atoms with Crippen molar-refractivity contribution >= 4 is 51.5 Å². The van der Waals surface area contributed by atoms with Crippen LogP contribution in [0.5, 0.6) is 17.2 Å². The van der Waals surface area contributed by atoms with Crippen LogP contribution in [0.25, 0.3) is 17.0 Å². The Hall–Kier alpha value is -4.70. The molecule has 2 aliphatic heterocycles. The van der Waals surface area contributed by atoms with Crippen molar-refractivity contribution in [1.82, 2.24) is 9.47 Å². The van der Waals surface area contributed by atoms with E-state index in [4.69, 9.17) is 14.2 Å². The number of anilines is 1. The molecule has 0 unspecified atom stereocenters. The first-order valence-electron chi connectivity index (χ1n) is 12.3. The lowest BCUT2D eigenvalue weighted by Gasteiger charge is -2.13. The van der Waals surface area contributed by atoms with Crippen LogP contribution < -0.4 is 19.5 Å². The number of hydrogen-bond donors (Lipinski definition) is 1. The molecule has 1 N–H and O–H groups in total. The van der Waals surface area contributed by atoms with Gasteiger partial charge in [0, 0.05) is 34.4 Å². The highest BCUT2D eigenvalue weighted by atomic mass is 32.2.